The van der Waals surface area contributed by atoms with E-state index in [0.717, 1.165) is 101 Å². The molecule has 0 radical (unpaired) electrons. The molecule has 0 atom stereocenters. The predicted molar refractivity (Wildman–Crippen MR) is 178 cm³/mol. The first-order valence-electron chi connectivity index (χ1n) is 15.2. The van der Waals surface area contributed by atoms with Crippen LogP contribution in [0.15, 0.2) is 109 Å². The van der Waals surface area contributed by atoms with Gasteiger partial charge in [-0.3, -0.25) is 0 Å². The molecule has 6 aromatic carbocycles. The molecule has 10 rings (SSSR count). The van der Waals surface area contributed by atoms with Crippen LogP contribution in [0.4, 0.5) is 0 Å². The maximum absolute atomic E-state index is 6.69. The van der Waals surface area contributed by atoms with E-state index in [1.54, 1.807) is 0 Å². The Morgan fingerprint density at radius 1 is 0.400 bits per heavy atom. The lowest BCUT2D eigenvalue weighted by Crippen LogP contribution is -2.57. The molecule has 0 N–H and O–H groups in total. The quantitative estimate of drug-likeness (QED) is 0.250. The molecule has 0 unspecified atom stereocenters. The Morgan fingerprint density at radius 2 is 0.800 bits per heavy atom. The van der Waals surface area contributed by atoms with Gasteiger partial charge < -0.3 is 23.7 Å². The highest BCUT2D eigenvalue weighted by molar-refractivity contribution is 6.99. The Kier molecular flexibility index (Phi) is 4.96. The highest BCUT2D eigenvalue weighted by atomic mass is 16.5. The molecular weight excluding hydrogens is 558 g/mol. The van der Waals surface area contributed by atoms with Gasteiger partial charge in [0.25, 0.3) is 13.4 Å². The van der Waals surface area contributed by atoms with E-state index in [4.69, 9.17) is 23.7 Å². The van der Waals surface area contributed by atoms with Gasteiger partial charge in [-0.15, -0.1) is 0 Å². The Morgan fingerprint density at radius 3 is 1.27 bits per heavy atom. The van der Waals surface area contributed by atoms with Crippen molar-refractivity contribution in [2.45, 2.75) is 13.8 Å². The number of hydrogen-bond donors (Lipinski definition) is 0. The van der Waals surface area contributed by atoms with E-state index >= 15 is 0 Å². The van der Waals surface area contributed by atoms with Crippen molar-refractivity contribution < 1.29 is 23.7 Å². The minimum atomic E-state index is 0.0174. The Labute approximate surface area is 261 Å². The maximum atomic E-state index is 6.69. The van der Waals surface area contributed by atoms with E-state index in [-0.39, 0.29) is 13.4 Å². The van der Waals surface area contributed by atoms with Gasteiger partial charge in [0.05, 0.1) is 0 Å². The number of rotatable bonds is 2. The van der Waals surface area contributed by atoms with Gasteiger partial charge in [-0.05, 0) is 84.2 Å². The Balaban J connectivity index is 1.06. The summed E-state index contributed by atoms with van der Waals surface area (Å²) in [6.07, 6.45) is 0. The fourth-order valence-electron chi connectivity index (χ4n) is 7.46. The Bertz CT molecular complexity index is 2100. The molecule has 0 aromatic heterocycles. The standard InChI is InChI=1S/C38H24B2O5/c1-21-27(19-17-25-37(21)44-33-15-7-13-31-35(33)39(25)23-9-3-5-11-29(23)42-31)41-28-20-18-26-38(22(28)2)45-34-16-8-14-32-36(34)40(26)24-10-4-6-12-30(24)43-32/h3-20H,1-2H3. The van der Waals surface area contributed by atoms with E-state index in [0.29, 0.717) is 0 Å². The van der Waals surface area contributed by atoms with Crippen LogP contribution in [-0.4, -0.2) is 13.4 Å². The van der Waals surface area contributed by atoms with Crippen LogP contribution in [-0.2, 0) is 0 Å². The van der Waals surface area contributed by atoms with Crippen LogP contribution in [0, 0.1) is 13.8 Å². The second-order valence-electron chi connectivity index (χ2n) is 12.0. The summed E-state index contributed by atoms with van der Waals surface area (Å²) in [6, 6.07) is 36.9. The molecular formula is C38H24B2O5. The van der Waals surface area contributed by atoms with E-state index in [1.807, 2.05) is 60.7 Å². The van der Waals surface area contributed by atoms with Crippen molar-refractivity contribution in [3.05, 3.63) is 120 Å². The molecule has 0 spiro atoms. The van der Waals surface area contributed by atoms with Crippen molar-refractivity contribution in [3.8, 4) is 57.5 Å². The minimum absolute atomic E-state index is 0.0174. The lowest BCUT2D eigenvalue weighted by Gasteiger charge is -2.34. The van der Waals surface area contributed by atoms with Crippen LogP contribution in [0.5, 0.6) is 57.5 Å². The highest BCUT2D eigenvalue weighted by Gasteiger charge is 2.42. The molecule has 0 saturated carbocycles. The number of fused-ring (bicyclic) bond motifs is 8. The van der Waals surface area contributed by atoms with Crippen molar-refractivity contribution in [1.29, 1.82) is 0 Å². The summed E-state index contributed by atoms with van der Waals surface area (Å²) in [5.74, 6) is 8.19. The van der Waals surface area contributed by atoms with E-state index in [9.17, 15) is 0 Å². The first kappa shape index (κ1) is 24.8. The maximum Gasteiger partial charge on any atom is 0.260 e. The third kappa shape index (κ3) is 3.41. The first-order valence-corrected chi connectivity index (χ1v) is 15.2. The van der Waals surface area contributed by atoms with Crippen molar-refractivity contribution >= 4 is 46.2 Å². The zero-order chi connectivity index (χ0) is 29.8. The minimum Gasteiger partial charge on any atom is -0.458 e. The number of benzene rings is 6. The van der Waals surface area contributed by atoms with E-state index in [2.05, 4.69) is 62.4 Å². The molecule has 0 bridgehead atoms. The van der Waals surface area contributed by atoms with Crippen molar-refractivity contribution in [2.75, 3.05) is 0 Å². The fraction of sp³-hybridized carbons (Fsp3) is 0.0526. The predicted octanol–water partition coefficient (Wildman–Crippen LogP) is 5.55. The van der Waals surface area contributed by atoms with Crippen LogP contribution in [0.3, 0.4) is 0 Å². The van der Waals surface area contributed by atoms with Gasteiger partial charge >= 0.3 is 0 Å². The molecule has 0 fully saturated rings. The summed E-state index contributed by atoms with van der Waals surface area (Å²) in [4.78, 5) is 0. The van der Waals surface area contributed by atoms with Crippen LogP contribution in [0.25, 0.3) is 0 Å². The van der Waals surface area contributed by atoms with E-state index < -0.39 is 0 Å². The molecule has 6 aromatic rings. The van der Waals surface area contributed by atoms with Gasteiger partial charge in [-0.2, -0.15) is 0 Å². The second-order valence-corrected chi connectivity index (χ2v) is 12.0. The molecule has 0 aliphatic carbocycles. The monoisotopic (exact) mass is 582 g/mol. The van der Waals surface area contributed by atoms with Crippen LogP contribution < -0.4 is 56.5 Å². The number of para-hydroxylation sites is 2. The molecule has 0 amide bonds. The van der Waals surface area contributed by atoms with Crippen molar-refractivity contribution in [3.63, 3.8) is 0 Å². The summed E-state index contributed by atoms with van der Waals surface area (Å²) < 4.78 is 32.4. The van der Waals surface area contributed by atoms with Crippen molar-refractivity contribution in [2.24, 2.45) is 0 Å². The summed E-state index contributed by atoms with van der Waals surface area (Å²) in [5.41, 5.74) is 8.50. The topological polar surface area (TPSA) is 46.2 Å². The van der Waals surface area contributed by atoms with Gasteiger partial charge in [0, 0.05) is 22.1 Å². The largest absolute Gasteiger partial charge is 0.458 e. The first-order chi connectivity index (χ1) is 22.1. The van der Waals surface area contributed by atoms with Crippen LogP contribution in [0.1, 0.15) is 11.1 Å². The molecule has 0 saturated heterocycles. The van der Waals surface area contributed by atoms with E-state index in [1.165, 1.54) is 0 Å². The molecule has 4 aliphatic heterocycles. The van der Waals surface area contributed by atoms with Gasteiger partial charge in [-0.1, -0.05) is 60.7 Å². The lowest BCUT2D eigenvalue weighted by atomic mass is 9.34. The van der Waals surface area contributed by atoms with Gasteiger partial charge in [0.15, 0.2) is 0 Å². The molecule has 4 aliphatic rings. The highest BCUT2D eigenvalue weighted by Crippen LogP contribution is 2.42. The normalized spacial score (nSPS) is 13.7. The number of hydrogen-bond acceptors (Lipinski definition) is 5. The SMILES string of the molecule is Cc1c(Oc2ccc3c(c2C)Oc2cccc4c2B3c2ccccc2O4)ccc2c1Oc1cccc3c1B2c1ccccc1O3. The fourth-order valence-corrected chi connectivity index (χ4v) is 7.46. The molecule has 7 heteroatoms. The summed E-state index contributed by atoms with van der Waals surface area (Å²) in [6.45, 7) is 4.16. The zero-order valence-corrected chi connectivity index (χ0v) is 24.6. The smallest absolute Gasteiger partial charge is 0.260 e. The molecule has 45 heavy (non-hydrogen) atoms. The van der Waals surface area contributed by atoms with Crippen molar-refractivity contribution in [1.82, 2.24) is 0 Å². The third-order valence-corrected chi connectivity index (χ3v) is 9.57. The second kappa shape index (κ2) is 8.99. The van der Waals surface area contributed by atoms with Gasteiger partial charge in [-0.25, -0.2) is 0 Å². The average molecular weight is 582 g/mol. The summed E-state index contributed by atoms with van der Waals surface area (Å²) >= 11 is 0. The molecule has 4 heterocycles. The molecule has 212 valence electrons. The Hall–Kier alpha value is -5.55. The average Bonchev–Trinajstić information content (AvgIpc) is 3.07. The van der Waals surface area contributed by atoms with Crippen LogP contribution in [0.2, 0.25) is 0 Å². The van der Waals surface area contributed by atoms with Gasteiger partial charge in [0.1, 0.15) is 57.5 Å². The summed E-state index contributed by atoms with van der Waals surface area (Å²) in [7, 11) is 0. The zero-order valence-electron chi connectivity index (χ0n) is 24.6. The lowest BCUT2D eigenvalue weighted by molar-refractivity contribution is 0.440. The molecule has 5 nitrogen and oxygen atoms in total. The summed E-state index contributed by atoms with van der Waals surface area (Å²) in [5, 5.41) is 0. The van der Waals surface area contributed by atoms with Crippen LogP contribution >= 0.6 is 0 Å². The number of ether oxygens (including phenoxy) is 5. The third-order valence-electron chi connectivity index (χ3n) is 9.57. The van der Waals surface area contributed by atoms with Gasteiger partial charge in [0.2, 0.25) is 0 Å².